The first-order chi connectivity index (χ1) is 14.0. The van der Waals surface area contributed by atoms with Crippen molar-refractivity contribution in [2.24, 2.45) is 5.92 Å². The molecule has 0 bridgehead atoms. The number of hydrogen-bond donors (Lipinski definition) is 2. The maximum atomic E-state index is 13.2. The third-order valence-corrected chi connectivity index (χ3v) is 5.64. The fourth-order valence-electron chi connectivity index (χ4n) is 3.70. The van der Waals surface area contributed by atoms with Gasteiger partial charge in [-0.15, -0.1) is 12.4 Å². The molecule has 2 unspecified atom stereocenters. The lowest BCUT2D eigenvalue weighted by atomic mass is 9.92. The molecule has 6 heteroatoms. The van der Waals surface area contributed by atoms with E-state index in [1.807, 2.05) is 56.3 Å². The Hall–Kier alpha value is -2.37. The van der Waals surface area contributed by atoms with Crippen LogP contribution in [-0.2, 0) is 29.1 Å². The number of hydrogen-bond acceptors (Lipinski definition) is 3. The van der Waals surface area contributed by atoms with Crippen molar-refractivity contribution in [2.75, 3.05) is 11.9 Å². The average Bonchev–Trinajstić information content (AvgIpc) is 2.75. The lowest BCUT2D eigenvalue weighted by Gasteiger charge is -2.37. The van der Waals surface area contributed by atoms with E-state index in [0.717, 1.165) is 41.9 Å². The van der Waals surface area contributed by atoms with E-state index in [0.29, 0.717) is 13.0 Å². The first kappa shape index (κ1) is 23.9. The summed E-state index contributed by atoms with van der Waals surface area (Å²) in [4.78, 5) is 28.0. The van der Waals surface area contributed by atoms with Crippen LogP contribution in [0, 0.1) is 5.92 Å². The highest BCUT2D eigenvalue weighted by Gasteiger charge is 2.35. The zero-order valence-corrected chi connectivity index (χ0v) is 18.8. The predicted molar refractivity (Wildman–Crippen MR) is 124 cm³/mol. The Morgan fingerprint density at radius 3 is 2.53 bits per heavy atom. The van der Waals surface area contributed by atoms with Crippen molar-refractivity contribution in [3.05, 3.63) is 65.2 Å². The molecular formula is C24H32ClN3O2. The van der Waals surface area contributed by atoms with Gasteiger partial charge in [-0.25, -0.2) is 0 Å². The monoisotopic (exact) mass is 429 g/mol. The smallest absolute Gasteiger partial charge is 0.247 e. The standard InChI is InChI=1S/C24H31N3O2.ClH/c1-4-17(3)24(29)27-16-20-11-7-6-10-19(20)14-22(27)23(28)26-21-12-8-9-18(13-21)15-25-5-2;/h6-13,17,22,25H,4-5,14-16H2,1-3H3,(H,26,28);1H. The van der Waals surface area contributed by atoms with E-state index >= 15 is 0 Å². The highest BCUT2D eigenvalue weighted by atomic mass is 35.5. The van der Waals surface area contributed by atoms with Crippen LogP contribution in [0.3, 0.4) is 0 Å². The van der Waals surface area contributed by atoms with Crippen LogP contribution in [0.2, 0.25) is 0 Å². The Balaban J connectivity index is 0.00000320. The molecule has 5 nitrogen and oxygen atoms in total. The summed E-state index contributed by atoms with van der Waals surface area (Å²) >= 11 is 0. The summed E-state index contributed by atoms with van der Waals surface area (Å²) in [5.41, 5.74) is 4.15. The molecule has 1 aliphatic rings. The largest absolute Gasteiger partial charge is 0.326 e. The van der Waals surface area contributed by atoms with E-state index in [-0.39, 0.29) is 30.1 Å². The third-order valence-electron chi connectivity index (χ3n) is 5.64. The summed E-state index contributed by atoms with van der Waals surface area (Å²) in [6.45, 7) is 8.14. The number of fused-ring (bicyclic) bond motifs is 1. The molecule has 1 aliphatic heterocycles. The second kappa shape index (κ2) is 11.1. The molecule has 2 N–H and O–H groups in total. The molecule has 0 radical (unpaired) electrons. The van der Waals surface area contributed by atoms with Crippen molar-refractivity contribution in [3.63, 3.8) is 0 Å². The molecule has 1 heterocycles. The molecular weight excluding hydrogens is 398 g/mol. The summed E-state index contributed by atoms with van der Waals surface area (Å²) in [7, 11) is 0. The fraction of sp³-hybridized carbons (Fsp3) is 0.417. The normalized spacial score (nSPS) is 16.2. The lowest BCUT2D eigenvalue weighted by Crippen LogP contribution is -2.52. The van der Waals surface area contributed by atoms with Crippen molar-refractivity contribution in [2.45, 2.75) is 52.7 Å². The van der Waals surface area contributed by atoms with E-state index in [9.17, 15) is 9.59 Å². The van der Waals surface area contributed by atoms with E-state index in [1.54, 1.807) is 4.90 Å². The molecule has 0 saturated carbocycles. The molecule has 2 aromatic rings. The Kier molecular flexibility index (Phi) is 8.88. The summed E-state index contributed by atoms with van der Waals surface area (Å²) in [6.07, 6.45) is 1.30. The minimum atomic E-state index is -0.496. The van der Waals surface area contributed by atoms with Gasteiger partial charge in [0.25, 0.3) is 0 Å². The van der Waals surface area contributed by atoms with Crippen LogP contribution in [0.1, 0.15) is 43.9 Å². The second-order valence-electron chi connectivity index (χ2n) is 7.73. The van der Waals surface area contributed by atoms with Crippen LogP contribution in [-0.4, -0.2) is 29.3 Å². The fourth-order valence-corrected chi connectivity index (χ4v) is 3.70. The maximum absolute atomic E-state index is 13.2. The maximum Gasteiger partial charge on any atom is 0.247 e. The minimum Gasteiger partial charge on any atom is -0.326 e. The molecule has 30 heavy (non-hydrogen) atoms. The third kappa shape index (κ3) is 5.61. The number of benzene rings is 2. The molecule has 2 aromatic carbocycles. The van der Waals surface area contributed by atoms with Crippen LogP contribution in [0.5, 0.6) is 0 Å². The molecule has 2 atom stereocenters. The van der Waals surface area contributed by atoms with E-state index in [2.05, 4.69) is 23.6 Å². The van der Waals surface area contributed by atoms with Gasteiger partial charge in [-0.1, -0.05) is 57.2 Å². The molecule has 0 saturated heterocycles. The van der Waals surface area contributed by atoms with Crippen molar-refractivity contribution in [1.29, 1.82) is 0 Å². The summed E-state index contributed by atoms with van der Waals surface area (Å²) in [5, 5.41) is 6.34. The van der Waals surface area contributed by atoms with Gasteiger partial charge in [-0.3, -0.25) is 9.59 Å². The highest BCUT2D eigenvalue weighted by molar-refractivity contribution is 5.98. The average molecular weight is 430 g/mol. The van der Waals surface area contributed by atoms with Gasteiger partial charge in [0.15, 0.2) is 0 Å². The molecule has 0 aromatic heterocycles. The van der Waals surface area contributed by atoms with E-state index in [1.165, 1.54) is 0 Å². The number of amides is 2. The number of halogens is 1. The minimum absolute atomic E-state index is 0. The zero-order valence-electron chi connectivity index (χ0n) is 18.0. The van der Waals surface area contributed by atoms with Crippen LogP contribution in [0.4, 0.5) is 5.69 Å². The van der Waals surface area contributed by atoms with E-state index < -0.39 is 6.04 Å². The highest BCUT2D eigenvalue weighted by Crippen LogP contribution is 2.26. The molecule has 0 fully saturated rings. The van der Waals surface area contributed by atoms with Gasteiger partial charge in [0.2, 0.25) is 11.8 Å². The topological polar surface area (TPSA) is 61.4 Å². The molecule has 3 rings (SSSR count). The van der Waals surface area contributed by atoms with Gasteiger partial charge < -0.3 is 15.5 Å². The Morgan fingerprint density at radius 1 is 1.10 bits per heavy atom. The predicted octanol–water partition coefficient (Wildman–Crippen LogP) is 4.16. The van der Waals surface area contributed by atoms with Crippen LogP contribution in [0.25, 0.3) is 0 Å². The molecule has 0 aliphatic carbocycles. The number of carbonyl (C=O) groups is 2. The molecule has 162 valence electrons. The van der Waals surface area contributed by atoms with Crippen LogP contribution in [0.15, 0.2) is 48.5 Å². The van der Waals surface area contributed by atoms with Crippen molar-refractivity contribution in [1.82, 2.24) is 10.2 Å². The van der Waals surface area contributed by atoms with Gasteiger partial charge in [-0.2, -0.15) is 0 Å². The van der Waals surface area contributed by atoms with Crippen molar-refractivity contribution < 1.29 is 9.59 Å². The zero-order chi connectivity index (χ0) is 20.8. The Bertz CT molecular complexity index is 871. The summed E-state index contributed by atoms with van der Waals surface area (Å²) < 4.78 is 0. The number of nitrogens with one attached hydrogen (secondary N) is 2. The first-order valence-corrected chi connectivity index (χ1v) is 10.5. The number of carbonyl (C=O) groups excluding carboxylic acids is 2. The van der Waals surface area contributed by atoms with Gasteiger partial charge >= 0.3 is 0 Å². The lowest BCUT2D eigenvalue weighted by molar-refractivity contribution is -0.143. The number of anilines is 1. The Labute approximate surface area is 185 Å². The van der Waals surface area contributed by atoms with Gasteiger partial charge in [0, 0.05) is 31.1 Å². The molecule has 2 amide bonds. The first-order valence-electron chi connectivity index (χ1n) is 10.5. The van der Waals surface area contributed by atoms with E-state index in [4.69, 9.17) is 0 Å². The van der Waals surface area contributed by atoms with Crippen molar-refractivity contribution >= 4 is 29.9 Å². The summed E-state index contributed by atoms with van der Waals surface area (Å²) in [6, 6.07) is 15.4. The van der Waals surface area contributed by atoms with Gasteiger partial charge in [0.05, 0.1) is 0 Å². The number of rotatable bonds is 7. The van der Waals surface area contributed by atoms with Crippen molar-refractivity contribution in [3.8, 4) is 0 Å². The quantitative estimate of drug-likeness (QED) is 0.694. The molecule has 0 spiro atoms. The van der Waals surface area contributed by atoms with Crippen LogP contribution < -0.4 is 10.6 Å². The Morgan fingerprint density at radius 2 is 1.83 bits per heavy atom. The van der Waals surface area contributed by atoms with Crippen LogP contribution >= 0.6 is 12.4 Å². The van der Waals surface area contributed by atoms with Gasteiger partial charge in [0.1, 0.15) is 6.04 Å². The SMILES string of the molecule is CCNCc1cccc(NC(=O)C2Cc3ccccc3CN2C(=O)C(C)CC)c1.Cl. The number of nitrogens with zero attached hydrogens (tertiary/aromatic N) is 1. The second-order valence-corrected chi connectivity index (χ2v) is 7.73. The summed E-state index contributed by atoms with van der Waals surface area (Å²) in [5.74, 6) is -0.182. The van der Waals surface area contributed by atoms with Gasteiger partial charge in [-0.05, 0) is 41.8 Å².